The number of carboxylic acid groups (broad SMARTS) is 1. The molecule has 0 saturated heterocycles. The Kier molecular flexibility index (Phi) is 6.08. The van der Waals surface area contributed by atoms with Gasteiger partial charge in [0.15, 0.2) is 5.78 Å². The molecule has 0 amide bonds. The number of hydrogen-bond donors (Lipinski definition) is 1. The van der Waals surface area contributed by atoms with Crippen LogP contribution in [-0.2, 0) is 4.79 Å². The van der Waals surface area contributed by atoms with Crippen LogP contribution in [0.1, 0.15) is 30.1 Å². The average Bonchev–Trinajstić information content (AvgIpc) is 2.37. The third-order valence-corrected chi connectivity index (χ3v) is 2.64. The summed E-state index contributed by atoms with van der Waals surface area (Å²) in [7, 11) is 0. The Labute approximate surface area is 107 Å². The predicted molar refractivity (Wildman–Crippen MR) is 69.8 cm³/mol. The van der Waals surface area contributed by atoms with E-state index >= 15 is 0 Å². The second-order valence-electron chi connectivity index (χ2n) is 4.21. The molecule has 0 radical (unpaired) electrons. The number of benzene rings is 1. The van der Waals surface area contributed by atoms with E-state index in [4.69, 9.17) is 5.11 Å². The first kappa shape index (κ1) is 14.4. The first-order chi connectivity index (χ1) is 8.63. The fourth-order valence-electron chi connectivity index (χ4n) is 1.76. The molecule has 98 valence electrons. The number of rotatable bonds is 8. The van der Waals surface area contributed by atoms with E-state index < -0.39 is 5.97 Å². The normalized spacial score (nSPS) is 10.6. The van der Waals surface area contributed by atoms with Crippen molar-refractivity contribution in [3.8, 4) is 0 Å². The van der Waals surface area contributed by atoms with Crippen LogP contribution in [0.25, 0.3) is 0 Å². The molecule has 0 saturated carbocycles. The van der Waals surface area contributed by atoms with Gasteiger partial charge in [-0.15, -0.1) is 0 Å². The van der Waals surface area contributed by atoms with Gasteiger partial charge in [-0.2, -0.15) is 0 Å². The van der Waals surface area contributed by atoms with Crippen LogP contribution in [0.2, 0.25) is 0 Å². The van der Waals surface area contributed by atoms with Gasteiger partial charge in [-0.05, 0) is 13.0 Å². The van der Waals surface area contributed by atoms with Crippen molar-refractivity contribution in [2.75, 3.05) is 19.6 Å². The Morgan fingerprint density at radius 2 is 1.83 bits per heavy atom. The summed E-state index contributed by atoms with van der Waals surface area (Å²) in [4.78, 5) is 24.4. The van der Waals surface area contributed by atoms with Crippen LogP contribution >= 0.6 is 0 Å². The van der Waals surface area contributed by atoms with Gasteiger partial charge in [0.05, 0.1) is 13.0 Å². The van der Waals surface area contributed by atoms with E-state index in [1.54, 1.807) is 12.1 Å². The van der Waals surface area contributed by atoms with Crippen molar-refractivity contribution >= 4 is 11.8 Å². The van der Waals surface area contributed by atoms with Gasteiger partial charge in [-0.25, -0.2) is 0 Å². The number of nitrogens with zero attached hydrogens (tertiary/aromatic N) is 1. The summed E-state index contributed by atoms with van der Waals surface area (Å²) in [6.45, 7) is 3.46. The molecule has 18 heavy (non-hydrogen) atoms. The van der Waals surface area contributed by atoms with Crippen LogP contribution in [0.3, 0.4) is 0 Å². The minimum atomic E-state index is -0.830. The third-order valence-electron chi connectivity index (χ3n) is 2.64. The van der Waals surface area contributed by atoms with Crippen LogP contribution < -0.4 is 0 Å². The molecule has 0 aliphatic heterocycles. The van der Waals surface area contributed by atoms with Gasteiger partial charge in [0, 0.05) is 12.1 Å². The third kappa shape index (κ3) is 5.10. The zero-order chi connectivity index (χ0) is 13.4. The van der Waals surface area contributed by atoms with Crippen molar-refractivity contribution < 1.29 is 14.7 Å². The van der Waals surface area contributed by atoms with Crippen molar-refractivity contribution in [2.45, 2.75) is 19.8 Å². The molecule has 1 N–H and O–H groups in total. The van der Waals surface area contributed by atoms with Gasteiger partial charge in [0.2, 0.25) is 0 Å². The largest absolute Gasteiger partial charge is 0.481 e. The number of carbonyl (C=O) groups excluding carboxylic acids is 1. The quantitative estimate of drug-likeness (QED) is 0.716. The maximum Gasteiger partial charge on any atom is 0.304 e. The molecule has 1 aromatic rings. The van der Waals surface area contributed by atoms with Crippen LogP contribution in [0.15, 0.2) is 30.3 Å². The summed E-state index contributed by atoms with van der Waals surface area (Å²) in [6, 6.07) is 9.08. The zero-order valence-electron chi connectivity index (χ0n) is 10.6. The molecule has 0 bridgehead atoms. The highest BCUT2D eigenvalue weighted by molar-refractivity contribution is 5.97. The van der Waals surface area contributed by atoms with Gasteiger partial charge >= 0.3 is 5.97 Å². The summed E-state index contributed by atoms with van der Waals surface area (Å²) in [5.74, 6) is -0.794. The molecule has 0 spiro atoms. The highest BCUT2D eigenvalue weighted by atomic mass is 16.4. The van der Waals surface area contributed by atoms with Crippen molar-refractivity contribution in [1.29, 1.82) is 0 Å². The molecule has 0 heterocycles. The maximum atomic E-state index is 12.0. The molecule has 1 aromatic carbocycles. The highest BCUT2D eigenvalue weighted by Crippen LogP contribution is 2.03. The second kappa shape index (κ2) is 7.61. The number of carboxylic acids is 1. The number of carbonyl (C=O) groups is 2. The lowest BCUT2D eigenvalue weighted by Crippen LogP contribution is -2.32. The van der Waals surface area contributed by atoms with E-state index in [0.29, 0.717) is 12.1 Å². The summed E-state index contributed by atoms with van der Waals surface area (Å²) < 4.78 is 0. The Balaban J connectivity index is 2.54. The number of Topliss-reactive ketones (excluding diaryl/α,β-unsaturated/α-hetero) is 1. The fraction of sp³-hybridized carbons (Fsp3) is 0.429. The summed E-state index contributed by atoms with van der Waals surface area (Å²) in [5, 5.41) is 8.67. The zero-order valence-corrected chi connectivity index (χ0v) is 10.6. The van der Waals surface area contributed by atoms with E-state index in [1.807, 2.05) is 30.0 Å². The van der Waals surface area contributed by atoms with Crippen molar-refractivity contribution in [1.82, 2.24) is 4.90 Å². The van der Waals surface area contributed by atoms with E-state index in [-0.39, 0.29) is 18.7 Å². The van der Waals surface area contributed by atoms with Gasteiger partial charge in [-0.1, -0.05) is 37.3 Å². The van der Waals surface area contributed by atoms with Crippen LogP contribution in [0, 0.1) is 0 Å². The van der Waals surface area contributed by atoms with E-state index in [2.05, 4.69) is 0 Å². The fourth-order valence-corrected chi connectivity index (χ4v) is 1.76. The van der Waals surface area contributed by atoms with Crippen molar-refractivity contribution in [3.05, 3.63) is 35.9 Å². The van der Waals surface area contributed by atoms with Crippen LogP contribution in [0.5, 0.6) is 0 Å². The lowest BCUT2D eigenvalue weighted by atomic mass is 10.1. The van der Waals surface area contributed by atoms with E-state index in [9.17, 15) is 9.59 Å². The smallest absolute Gasteiger partial charge is 0.304 e. The lowest BCUT2D eigenvalue weighted by molar-refractivity contribution is -0.137. The molecule has 0 aromatic heterocycles. The highest BCUT2D eigenvalue weighted by Gasteiger charge is 2.12. The molecular weight excluding hydrogens is 230 g/mol. The number of hydrogen-bond acceptors (Lipinski definition) is 3. The second-order valence-corrected chi connectivity index (χ2v) is 4.21. The summed E-state index contributed by atoms with van der Waals surface area (Å²) >= 11 is 0. The first-order valence-corrected chi connectivity index (χ1v) is 6.16. The first-order valence-electron chi connectivity index (χ1n) is 6.16. The Morgan fingerprint density at radius 1 is 1.17 bits per heavy atom. The van der Waals surface area contributed by atoms with Gasteiger partial charge in [-0.3, -0.25) is 14.5 Å². The number of ketones is 1. The average molecular weight is 249 g/mol. The van der Waals surface area contributed by atoms with Crippen LogP contribution in [0.4, 0.5) is 0 Å². The van der Waals surface area contributed by atoms with Crippen molar-refractivity contribution in [2.24, 2.45) is 0 Å². The molecule has 4 heteroatoms. The topological polar surface area (TPSA) is 57.6 Å². The monoisotopic (exact) mass is 249 g/mol. The SMILES string of the molecule is CCCN(CCC(=O)O)CC(=O)c1ccccc1. The molecular formula is C14H19NO3. The van der Waals surface area contributed by atoms with E-state index in [1.165, 1.54) is 0 Å². The lowest BCUT2D eigenvalue weighted by Gasteiger charge is -2.19. The van der Waals surface area contributed by atoms with Gasteiger partial charge < -0.3 is 5.11 Å². The summed E-state index contributed by atoms with van der Waals surface area (Å²) in [6.07, 6.45) is 0.976. The number of aliphatic carboxylic acids is 1. The standard InChI is InChI=1S/C14H19NO3/c1-2-9-15(10-8-14(17)18)11-13(16)12-6-4-3-5-7-12/h3-7H,2,8-11H2,1H3,(H,17,18). The molecule has 0 unspecified atom stereocenters. The predicted octanol–water partition coefficient (Wildman–Crippen LogP) is 2.06. The molecule has 0 aliphatic rings. The van der Waals surface area contributed by atoms with Gasteiger partial charge in [0.25, 0.3) is 0 Å². The van der Waals surface area contributed by atoms with Crippen molar-refractivity contribution in [3.63, 3.8) is 0 Å². The Hall–Kier alpha value is -1.68. The summed E-state index contributed by atoms with van der Waals surface area (Å²) in [5.41, 5.74) is 0.675. The molecule has 0 fully saturated rings. The minimum absolute atomic E-state index is 0.0365. The molecule has 1 rings (SSSR count). The molecule has 0 aliphatic carbocycles. The minimum Gasteiger partial charge on any atom is -0.481 e. The van der Waals surface area contributed by atoms with E-state index in [0.717, 1.165) is 13.0 Å². The Morgan fingerprint density at radius 3 is 2.39 bits per heavy atom. The van der Waals surface area contributed by atoms with Crippen LogP contribution in [-0.4, -0.2) is 41.4 Å². The molecule has 0 atom stereocenters. The maximum absolute atomic E-state index is 12.0. The van der Waals surface area contributed by atoms with Gasteiger partial charge in [0.1, 0.15) is 0 Å². The Bertz CT molecular complexity index is 389. The molecule has 4 nitrogen and oxygen atoms in total.